The highest BCUT2D eigenvalue weighted by atomic mass is 16.5. The Morgan fingerprint density at radius 2 is 2.14 bits per heavy atom. The van der Waals surface area contributed by atoms with Gasteiger partial charge in [0, 0.05) is 19.6 Å². The first-order chi connectivity index (χ1) is 9.92. The highest BCUT2D eigenvalue weighted by Crippen LogP contribution is 2.14. The van der Waals surface area contributed by atoms with Gasteiger partial charge in [-0.05, 0) is 31.0 Å². The molecule has 21 heavy (non-hydrogen) atoms. The average molecular weight is 294 g/mol. The molecule has 0 aliphatic heterocycles. The Bertz CT molecular complexity index is 490. The fourth-order valence-corrected chi connectivity index (χ4v) is 1.89. The fraction of sp³-hybridized carbons (Fsp3) is 0.467. The van der Waals surface area contributed by atoms with E-state index in [0.717, 1.165) is 11.3 Å². The van der Waals surface area contributed by atoms with Crippen molar-refractivity contribution in [2.24, 2.45) is 0 Å². The van der Waals surface area contributed by atoms with Gasteiger partial charge in [0.15, 0.2) is 0 Å². The summed E-state index contributed by atoms with van der Waals surface area (Å²) in [4.78, 5) is 23.7. The van der Waals surface area contributed by atoms with Gasteiger partial charge in [0.25, 0.3) is 0 Å². The lowest BCUT2D eigenvalue weighted by molar-refractivity contribution is -0.137. The Kier molecular flexibility index (Phi) is 6.52. The molecule has 0 radical (unpaired) electrons. The van der Waals surface area contributed by atoms with E-state index in [0.29, 0.717) is 6.42 Å². The number of carboxylic acids is 1. The van der Waals surface area contributed by atoms with Crippen LogP contribution in [0.25, 0.3) is 0 Å². The highest BCUT2D eigenvalue weighted by molar-refractivity contribution is 5.75. The molecule has 1 rings (SSSR count). The molecule has 2 N–H and O–H groups in total. The molecule has 0 fully saturated rings. The normalized spacial score (nSPS) is 11.6. The third-order valence-electron chi connectivity index (χ3n) is 3.05. The van der Waals surface area contributed by atoms with Gasteiger partial charge >= 0.3 is 12.0 Å². The number of nitrogens with one attached hydrogen (secondary N) is 1. The van der Waals surface area contributed by atoms with E-state index in [4.69, 9.17) is 9.84 Å². The van der Waals surface area contributed by atoms with Crippen LogP contribution < -0.4 is 10.1 Å². The second-order valence-electron chi connectivity index (χ2n) is 4.97. The number of rotatable bonds is 7. The van der Waals surface area contributed by atoms with Crippen molar-refractivity contribution in [3.05, 3.63) is 29.8 Å². The molecule has 6 nitrogen and oxygen atoms in total. The summed E-state index contributed by atoms with van der Waals surface area (Å²) < 4.78 is 5.16. The SMILES string of the molecule is COc1cccc(CC(C)NC(=O)N(C)CCC(=O)O)c1. The lowest BCUT2D eigenvalue weighted by Gasteiger charge is -2.21. The van der Waals surface area contributed by atoms with Gasteiger partial charge in [-0.15, -0.1) is 0 Å². The van der Waals surface area contributed by atoms with Crippen molar-refractivity contribution in [2.75, 3.05) is 20.7 Å². The van der Waals surface area contributed by atoms with Gasteiger partial charge in [0.05, 0.1) is 13.5 Å². The van der Waals surface area contributed by atoms with Gasteiger partial charge in [-0.25, -0.2) is 4.79 Å². The van der Waals surface area contributed by atoms with Gasteiger partial charge in [-0.3, -0.25) is 4.79 Å². The molecular formula is C15H22N2O4. The first-order valence-electron chi connectivity index (χ1n) is 6.78. The van der Waals surface area contributed by atoms with Crippen LogP contribution in [-0.2, 0) is 11.2 Å². The van der Waals surface area contributed by atoms with Crippen LogP contribution in [-0.4, -0.2) is 48.8 Å². The lowest BCUT2D eigenvalue weighted by Crippen LogP contribution is -2.43. The Labute approximate surface area is 124 Å². The predicted octanol–water partition coefficient (Wildman–Crippen LogP) is 1.74. The van der Waals surface area contributed by atoms with Crippen molar-refractivity contribution in [3.8, 4) is 5.75 Å². The minimum atomic E-state index is -0.918. The Morgan fingerprint density at radius 3 is 2.76 bits per heavy atom. The van der Waals surface area contributed by atoms with Crippen molar-refractivity contribution in [2.45, 2.75) is 25.8 Å². The maximum absolute atomic E-state index is 11.9. The molecule has 0 aliphatic rings. The summed E-state index contributed by atoms with van der Waals surface area (Å²) in [7, 11) is 3.19. The molecule has 0 spiro atoms. The van der Waals surface area contributed by atoms with Crippen LogP contribution in [0.2, 0.25) is 0 Å². The largest absolute Gasteiger partial charge is 0.497 e. The van der Waals surface area contributed by atoms with Crippen LogP contribution in [0.5, 0.6) is 5.75 Å². The van der Waals surface area contributed by atoms with Crippen molar-refractivity contribution < 1.29 is 19.4 Å². The lowest BCUT2D eigenvalue weighted by atomic mass is 10.1. The summed E-state index contributed by atoms with van der Waals surface area (Å²) in [5, 5.41) is 11.4. The molecule has 0 bridgehead atoms. The van der Waals surface area contributed by atoms with Gasteiger partial charge in [0.2, 0.25) is 0 Å². The van der Waals surface area contributed by atoms with Gasteiger partial charge in [-0.1, -0.05) is 12.1 Å². The first-order valence-corrected chi connectivity index (χ1v) is 6.78. The molecule has 1 aromatic rings. The number of hydrogen-bond donors (Lipinski definition) is 2. The van der Waals surface area contributed by atoms with Crippen LogP contribution in [0.15, 0.2) is 24.3 Å². The number of aliphatic carboxylic acids is 1. The molecule has 1 atom stereocenters. The summed E-state index contributed by atoms with van der Waals surface area (Å²) in [5.41, 5.74) is 1.07. The van der Waals surface area contributed by atoms with E-state index < -0.39 is 5.97 Å². The number of methoxy groups -OCH3 is 1. The number of carbonyl (C=O) groups is 2. The quantitative estimate of drug-likeness (QED) is 0.803. The molecule has 2 amide bonds. The smallest absolute Gasteiger partial charge is 0.317 e. The number of ether oxygens (including phenoxy) is 1. The number of nitrogens with zero attached hydrogens (tertiary/aromatic N) is 1. The second kappa shape index (κ2) is 8.14. The minimum Gasteiger partial charge on any atom is -0.497 e. The molecule has 116 valence electrons. The number of carboxylic acid groups (broad SMARTS) is 1. The number of carbonyl (C=O) groups excluding carboxylic acids is 1. The van der Waals surface area contributed by atoms with Gasteiger partial charge < -0.3 is 20.1 Å². The second-order valence-corrected chi connectivity index (χ2v) is 4.97. The summed E-state index contributed by atoms with van der Waals surface area (Å²) in [6.45, 7) is 2.09. The van der Waals surface area contributed by atoms with Gasteiger partial charge in [-0.2, -0.15) is 0 Å². The zero-order valence-electron chi connectivity index (χ0n) is 12.6. The average Bonchev–Trinajstić information content (AvgIpc) is 2.44. The van der Waals surface area contributed by atoms with E-state index >= 15 is 0 Å². The van der Waals surface area contributed by atoms with E-state index in [1.165, 1.54) is 4.90 Å². The summed E-state index contributed by atoms with van der Waals surface area (Å²) >= 11 is 0. The topological polar surface area (TPSA) is 78.9 Å². The zero-order valence-corrected chi connectivity index (χ0v) is 12.6. The molecule has 0 aliphatic carbocycles. The van der Waals surface area contributed by atoms with Crippen LogP contribution in [0.1, 0.15) is 18.9 Å². The number of benzene rings is 1. The van der Waals surface area contributed by atoms with E-state index in [1.54, 1.807) is 14.2 Å². The third-order valence-corrected chi connectivity index (χ3v) is 3.05. The van der Waals surface area contributed by atoms with Crippen LogP contribution in [0.3, 0.4) is 0 Å². The summed E-state index contributed by atoms with van der Waals surface area (Å²) in [6, 6.07) is 7.34. The van der Waals surface area contributed by atoms with E-state index in [-0.39, 0.29) is 25.0 Å². The predicted molar refractivity (Wildman–Crippen MR) is 79.6 cm³/mol. The van der Waals surface area contributed by atoms with E-state index in [2.05, 4.69) is 5.32 Å². The molecule has 0 heterocycles. The number of amides is 2. The van der Waals surface area contributed by atoms with Crippen molar-refractivity contribution in [1.82, 2.24) is 10.2 Å². The van der Waals surface area contributed by atoms with Crippen molar-refractivity contribution in [3.63, 3.8) is 0 Å². The molecule has 6 heteroatoms. The highest BCUT2D eigenvalue weighted by Gasteiger charge is 2.13. The fourth-order valence-electron chi connectivity index (χ4n) is 1.89. The Balaban J connectivity index is 2.46. The number of urea groups is 1. The van der Waals surface area contributed by atoms with Crippen molar-refractivity contribution >= 4 is 12.0 Å². The standard InChI is InChI=1S/C15H22N2O4/c1-11(9-12-5-4-6-13(10-12)21-3)16-15(20)17(2)8-7-14(18)19/h4-6,10-11H,7-9H2,1-3H3,(H,16,20)(H,18,19). The van der Waals surface area contributed by atoms with Crippen molar-refractivity contribution in [1.29, 1.82) is 0 Å². The van der Waals surface area contributed by atoms with Crippen LogP contribution in [0.4, 0.5) is 4.79 Å². The Morgan fingerprint density at radius 1 is 1.43 bits per heavy atom. The monoisotopic (exact) mass is 294 g/mol. The van der Waals surface area contributed by atoms with E-state index in [1.807, 2.05) is 31.2 Å². The first kappa shape index (κ1) is 16.8. The maximum atomic E-state index is 11.9. The Hall–Kier alpha value is -2.24. The molecule has 1 unspecified atom stereocenters. The van der Waals surface area contributed by atoms with Crippen LogP contribution in [0, 0.1) is 0 Å². The zero-order chi connectivity index (χ0) is 15.8. The molecule has 0 aromatic heterocycles. The molecule has 0 saturated carbocycles. The molecule has 1 aromatic carbocycles. The van der Waals surface area contributed by atoms with E-state index in [9.17, 15) is 9.59 Å². The molecular weight excluding hydrogens is 272 g/mol. The summed E-state index contributed by atoms with van der Waals surface area (Å²) in [6.07, 6.45) is 0.615. The number of hydrogen-bond acceptors (Lipinski definition) is 3. The minimum absolute atomic E-state index is 0.0584. The van der Waals surface area contributed by atoms with Gasteiger partial charge in [0.1, 0.15) is 5.75 Å². The van der Waals surface area contributed by atoms with Crippen LogP contribution >= 0.6 is 0 Å². The molecule has 0 saturated heterocycles. The third kappa shape index (κ3) is 6.16. The summed E-state index contributed by atoms with van der Waals surface area (Å²) in [5.74, 6) is -0.135. The maximum Gasteiger partial charge on any atom is 0.317 e.